The number of allylic oxidation sites excluding steroid dienone is 3. The summed E-state index contributed by atoms with van der Waals surface area (Å²) in [6.45, 7) is 23.6. The number of hydrogen-bond acceptors (Lipinski definition) is 5. The van der Waals surface area contributed by atoms with Crippen molar-refractivity contribution in [2.24, 2.45) is 29.6 Å². The van der Waals surface area contributed by atoms with Crippen LogP contribution in [0.3, 0.4) is 0 Å². The van der Waals surface area contributed by atoms with E-state index in [1.54, 1.807) is 0 Å². The van der Waals surface area contributed by atoms with Gasteiger partial charge in [0, 0.05) is 12.0 Å². The van der Waals surface area contributed by atoms with Gasteiger partial charge in [-0.05, 0) is 88.7 Å². The molecule has 3 aromatic rings. The van der Waals surface area contributed by atoms with Gasteiger partial charge in [-0.3, -0.25) is 14.4 Å². The molecule has 0 saturated carbocycles. The van der Waals surface area contributed by atoms with Crippen LogP contribution in [0.4, 0.5) is 0 Å². The first-order valence-electron chi connectivity index (χ1n) is 22.7. The van der Waals surface area contributed by atoms with Crippen LogP contribution >= 0.6 is 0 Å². The van der Waals surface area contributed by atoms with Crippen LogP contribution in [0.15, 0.2) is 29.6 Å². The van der Waals surface area contributed by atoms with E-state index in [1.165, 1.54) is 51.2 Å². The fourth-order valence-corrected chi connectivity index (χ4v) is 9.70. The second kappa shape index (κ2) is 22.6. The summed E-state index contributed by atoms with van der Waals surface area (Å²) in [5.41, 5.74) is 10.7. The molecule has 0 aromatic carbocycles. The molecule has 5 heterocycles. The van der Waals surface area contributed by atoms with E-state index in [-0.39, 0.29) is 67.1 Å². The van der Waals surface area contributed by atoms with Gasteiger partial charge in [-0.2, -0.15) is 11.4 Å². The largest absolute Gasteiger partial charge is 2.00 e. The predicted molar refractivity (Wildman–Crippen MR) is 257 cm³/mol. The molecule has 3 aromatic heterocycles. The van der Waals surface area contributed by atoms with E-state index in [0.717, 1.165) is 81.1 Å². The Kier molecular flexibility index (Phi) is 18.4. The topological polar surface area (TPSA) is 126 Å². The summed E-state index contributed by atoms with van der Waals surface area (Å²) in [7, 11) is 1.29. The Morgan fingerprint density at radius 3 is 2.21 bits per heavy atom. The maximum absolute atomic E-state index is 14.3. The molecule has 0 N–H and O–H groups in total. The number of Topliss-reactive ketones (excluding diaryl/α,β-unsaturated/α-hetero) is 1. The van der Waals surface area contributed by atoms with E-state index in [0.29, 0.717) is 40.2 Å². The number of ketones is 1. The molecule has 0 spiro atoms. The zero-order chi connectivity index (χ0) is 44.1. The number of nitrogens with zero attached hydrogens (tertiary/aromatic N) is 4. The number of carbonyl (C=O) groups is 3. The molecule has 3 aliphatic rings. The van der Waals surface area contributed by atoms with E-state index >= 15 is 0 Å². The van der Waals surface area contributed by atoms with Crippen LogP contribution in [0, 0.1) is 50.4 Å². The molecule has 1 fully saturated rings. The van der Waals surface area contributed by atoms with E-state index in [2.05, 4.69) is 55.0 Å². The standard InChI is InChI=1S/C52H67N4O5.CH4.Mg/c1-12-17-29(4)18-15-19-30(5)20-16-21-31(6)24-25-61-45(57)23-22-38-34(9)41-26-39-32(7)36(13-2)43(53-39)27-40-33(8)37(14-3)44(54-40)28-42-35(10)46-50(56-42)47(49(38)55-41)48(51(46)58)52(59)60-11;;/h13,24,26-30,34,38,48H,2,12,14-23,25H2,1,3-11H3,(H-,55,56,58);1H4;/q-3;;+2/p-1/b31-24+,40-27-,41-26-,44-28-;;/t29-,30-,34+,38+,48-;;/m1../s1. The molecular formula is C53H70MgN4O5-2. The molecule has 0 radical (unpaired) electrons. The Morgan fingerprint density at radius 1 is 0.873 bits per heavy atom. The van der Waals surface area contributed by atoms with Gasteiger partial charge in [-0.15, -0.1) is 33.5 Å². The molecule has 9 nitrogen and oxygen atoms in total. The van der Waals surface area contributed by atoms with Gasteiger partial charge in [0.2, 0.25) is 0 Å². The molecule has 1 saturated heterocycles. The van der Waals surface area contributed by atoms with Crippen molar-refractivity contribution in [2.75, 3.05) is 13.7 Å². The second-order valence-electron chi connectivity index (χ2n) is 17.9. The second-order valence-corrected chi connectivity index (χ2v) is 17.9. The van der Waals surface area contributed by atoms with Gasteiger partial charge in [-0.25, -0.2) is 0 Å². The smallest absolute Gasteiger partial charge is 0.664 e. The van der Waals surface area contributed by atoms with Crippen LogP contribution in [0.1, 0.15) is 174 Å². The first-order chi connectivity index (χ1) is 29.2. The van der Waals surface area contributed by atoms with Crippen molar-refractivity contribution in [3.8, 4) is 0 Å². The van der Waals surface area contributed by atoms with Crippen molar-refractivity contribution < 1.29 is 23.9 Å². The Hall–Kier alpha value is -4.28. The maximum atomic E-state index is 14.3. The first kappa shape index (κ1) is 51.4. The van der Waals surface area contributed by atoms with Crippen LogP contribution in [0.5, 0.6) is 0 Å². The van der Waals surface area contributed by atoms with Crippen molar-refractivity contribution in [2.45, 2.75) is 140 Å². The summed E-state index contributed by atoms with van der Waals surface area (Å²) in [6.07, 6.45) is 20.9. The van der Waals surface area contributed by atoms with Gasteiger partial charge in [0.15, 0.2) is 5.78 Å². The number of aromatic nitrogens is 3. The minimum Gasteiger partial charge on any atom is -0.664 e. The normalized spacial score (nSPS) is 21.7. The Balaban J connectivity index is 0.00000436. The molecule has 1 aliphatic carbocycles. The molecule has 10 heteroatoms. The number of ether oxygens (including phenoxy) is 2. The zero-order valence-electron chi connectivity index (χ0n) is 39.0. The number of rotatable bonds is 18. The van der Waals surface area contributed by atoms with Gasteiger partial charge in [-0.1, -0.05) is 145 Å². The number of methoxy groups -OCH3 is 1. The van der Waals surface area contributed by atoms with Gasteiger partial charge in [0.25, 0.3) is 0 Å². The molecule has 5 atom stereocenters. The van der Waals surface area contributed by atoms with Crippen molar-refractivity contribution in [1.82, 2.24) is 15.0 Å². The van der Waals surface area contributed by atoms with Crippen LogP contribution in [0.25, 0.3) is 35.2 Å². The predicted octanol–water partition coefficient (Wildman–Crippen LogP) is 9.98. The molecule has 2 aliphatic heterocycles. The summed E-state index contributed by atoms with van der Waals surface area (Å²) in [6, 6.07) is 0. The first-order valence-corrected chi connectivity index (χ1v) is 22.7. The average molecular weight is 867 g/mol. The number of hydrogen-bond donors (Lipinski definition) is 0. The molecular weight excluding hydrogens is 797 g/mol. The summed E-state index contributed by atoms with van der Waals surface area (Å²) < 4.78 is 11.0. The fourth-order valence-electron chi connectivity index (χ4n) is 9.70. The molecule has 0 amide bonds. The molecule has 6 rings (SSSR count). The number of fused-ring (bicyclic) bond motifs is 7. The molecule has 336 valence electrons. The van der Waals surface area contributed by atoms with Crippen molar-refractivity contribution in [3.05, 3.63) is 102 Å². The monoisotopic (exact) mass is 867 g/mol. The molecule has 8 bridgehead atoms. The average Bonchev–Trinajstić information content (AvgIpc) is 3.97. The van der Waals surface area contributed by atoms with Crippen LogP contribution in [0.2, 0.25) is 0 Å². The van der Waals surface area contributed by atoms with Gasteiger partial charge in [0.1, 0.15) is 12.5 Å². The minimum absolute atomic E-state index is 0. The number of carbonyl (C=O) groups excluding carboxylic acids is 3. The zero-order valence-corrected chi connectivity index (χ0v) is 40.4. The Morgan fingerprint density at radius 2 is 1.54 bits per heavy atom. The van der Waals surface area contributed by atoms with Crippen molar-refractivity contribution in [1.29, 1.82) is 0 Å². The third-order valence-electron chi connectivity index (χ3n) is 13.5. The van der Waals surface area contributed by atoms with Crippen LogP contribution in [-0.4, -0.2) is 54.5 Å². The third kappa shape index (κ3) is 11.0. The summed E-state index contributed by atoms with van der Waals surface area (Å²) in [5.74, 6) is -1.49. The van der Waals surface area contributed by atoms with Crippen LogP contribution in [-0.2, 0) is 25.5 Å². The number of esters is 2. The Labute approximate surface area is 393 Å². The van der Waals surface area contributed by atoms with E-state index < -0.39 is 11.9 Å². The van der Waals surface area contributed by atoms with E-state index in [1.807, 2.05) is 44.2 Å². The summed E-state index contributed by atoms with van der Waals surface area (Å²) in [5, 5.41) is 6.83. The van der Waals surface area contributed by atoms with Gasteiger partial charge in [0.05, 0.1) is 7.11 Å². The summed E-state index contributed by atoms with van der Waals surface area (Å²) in [4.78, 5) is 56.5. The van der Waals surface area contributed by atoms with Gasteiger partial charge < -0.3 is 29.7 Å². The quantitative estimate of drug-likeness (QED) is 0.0536. The third-order valence-corrected chi connectivity index (χ3v) is 13.5. The van der Waals surface area contributed by atoms with Gasteiger partial charge >= 0.3 is 35.0 Å². The Bertz CT molecular complexity index is 2380. The maximum Gasteiger partial charge on any atom is 2.00 e. The van der Waals surface area contributed by atoms with Crippen molar-refractivity contribution >= 4 is 70.7 Å². The van der Waals surface area contributed by atoms with Crippen LogP contribution < -0.4 is 25.7 Å². The summed E-state index contributed by atoms with van der Waals surface area (Å²) >= 11 is 0. The fraction of sp³-hybridized carbons (Fsp3) is 0.528. The van der Waals surface area contributed by atoms with Crippen molar-refractivity contribution in [3.63, 3.8) is 0 Å². The van der Waals surface area contributed by atoms with E-state index in [9.17, 15) is 14.4 Å². The molecule has 0 unspecified atom stereocenters. The minimum atomic E-state index is -1.22. The van der Waals surface area contributed by atoms with E-state index in [4.69, 9.17) is 29.7 Å². The SMILES string of the molecule is C.C=Cc1c2[n-]c(c1C)/C=C1\[N-]/C(=C3\c4[n-]c(c(C)c4C(=O)[C@@H]3C(=O)OC)/C=c3\[n-]/c(c(C)c3CC)=C\2)[C@@H](CCC(=O)OC/C=C(\C)CCC[C@H](C)CCC[C@H](C)CCC)[C@@H]1C.[Mg+2]. The molecule has 63 heavy (non-hydrogen) atoms.